The molecule has 0 atom stereocenters. The van der Waals surface area contributed by atoms with E-state index in [2.05, 4.69) is 31.9 Å². The second kappa shape index (κ2) is 3.58. The molecule has 0 fully saturated rings. The minimum Gasteiger partial charge on any atom is -0.506 e. The van der Waals surface area contributed by atoms with Crippen molar-refractivity contribution in [3.63, 3.8) is 0 Å². The van der Waals surface area contributed by atoms with Crippen molar-refractivity contribution >= 4 is 37.6 Å². The van der Waals surface area contributed by atoms with Crippen molar-refractivity contribution < 1.29 is 5.11 Å². The molecule has 0 amide bonds. The van der Waals surface area contributed by atoms with Crippen molar-refractivity contribution in [1.82, 2.24) is 0 Å². The van der Waals surface area contributed by atoms with E-state index in [-0.39, 0.29) is 5.75 Å². The monoisotopic (exact) mass is 291 g/mol. The fourth-order valence-electron chi connectivity index (χ4n) is 0.852. The number of nitrogens with one attached hydrogen (secondary N) is 1. The van der Waals surface area contributed by atoms with Crippen LogP contribution in [0.1, 0.15) is 12.5 Å². The first-order chi connectivity index (χ1) is 5.52. The minimum absolute atomic E-state index is 0.116. The first-order valence-corrected chi connectivity index (χ1v) is 4.84. The fourth-order valence-corrected chi connectivity index (χ4v) is 2.08. The predicted molar refractivity (Wildman–Crippen MR) is 56.0 cm³/mol. The van der Waals surface area contributed by atoms with Crippen molar-refractivity contribution in [2.75, 3.05) is 0 Å². The molecule has 0 radical (unpaired) electrons. The van der Waals surface area contributed by atoms with Crippen molar-refractivity contribution in [1.29, 1.82) is 5.41 Å². The van der Waals surface area contributed by atoms with Crippen LogP contribution in [0.3, 0.4) is 0 Å². The van der Waals surface area contributed by atoms with Gasteiger partial charge < -0.3 is 10.5 Å². The lowest BCUT2D eigenvalue weighted by molar-refractivity contribution is 0.470. The number of phenols is 1. The number of phenolic OH excluding ortho intramolecular Hbond substituents is 1. The molecule has 1 aromatic rings. The number of benzene rings is 1. The molecule has 0 aliphatic rings. The van der Waals surface area contributed by atoms with Gasteiger partial charge in [0.15, 0.2) is 0 Å². The normalized spacial score (nSPS) is 9.92. The van der Waals surface area contributed by atoms with Crippen LogP contribution in [0, 0.1) is 5.41 Å². The van der Waals surface area contributed by atoms with Gasteiger partial charge in [0, 0.05) is 15.7 Å². The molecule has 0 bridgehead atoms. The quantitative estimate of drug-likeness (QED) is 0.767. The average Bonchev–Trinajstić information content (AvgIpc) is 1.96. The molecule has 1 rings (SSSR count). The molecule has 0 heterocycles. The Labute approximate surface area is 87.4 Å². The van der Waals surface area contributed by atoms with E-state index >= 15 is 0 Å². The molecule has 0 unspecified atom stereocenters. The zero-order valence-electron chi connectivity index (χ0n) is 6.36. The van der Waals surface area contributed by atoms with Crippen LogP contribution < -0.4 is 0 Å². The van der Waals surface area contributed by atoms with Gasteiger partial charge in [0.05, 0.1) is 4.47 Å². The van der Waals surface area contributed by atoms with E-state index in [1.807, 2.05) is 0 Å². The average molecular weight is 293 g/mol. The third-order valence-electron chi connectivity index (χ3n) is 1.43. The highest BCUT2D eigenvalue weighted by Gasteiger charge is 2.08. The summed E-state index contributed by atoms with van der Waals surface area (Å²) < 4.78 is 1.44. The Morgan fingerprint density at radius 1 is 1.42 bits per heavy atom. The smallest absolute Gasteiger partial charge is 0.138 e. The second-order valence-electron chi connectivity index (χ2n) is 2.41. The molecule has 0 saturated heterocycles. The van der Waals surface area contributed by atoms with Gasteiger partial charge in [-0.1, -0.05) is 15.9 Å². The maximum atomic E-state index is 9.48. The van der Waals surface area contributed by atoms with Crippen LogP contribution >= 0.6 is 31.9 Å². The van der Waals surface area contributed by atoms with E-state index in [4.69, 9.17) is 5.41 Å². The summed E-state index contributed by atoms with van der Waals surface area (Å²) in [5.74, 6) is 0.116. The van der Waals surface area contributed by atoms with Crippen molar-refractivity contribution in [2.45, 2.75) is 6.92 Å². The lowest BCUT2D eigenvalue weighted by Crippen LogP contribution is -1.93. The topological polar surface area (TPSA) is 44.1 Å². The van der Waals surface area contributed by atoms with Crippen LogP contribution in [-0.2, 0) is 0 Å². The van der Waals surface area contributed by atoms with E-state index in [0.717, 1.165) is 4.47 Å². The summed E-state index contributed by atoms with van der Waals surface area (Å²) >= 11 is 6.47. The molecule has 64 valence electrons. The van der Waals surface area contributed by atoms with Crippen LogP contribution in [0.2, 0.25) is 0 Å². The number of halogens is 2. The summed E-state index contributed by atoms with van der Waals surface area (Å²) in [5.41, 5.74) is 0.880. The van der Waals surface area contributed by atoms with Crippen LogP contribution in [0.4, 0.5) is 0 Å². The van der Waals surface area contributed by atoms with Gasteiger partial charge in [-0.3, -0.25) is 0 Å². The van der Waals surface area contributed by atoms with Gasteiger partial charge in [0.2, 0.25) is 0 Å². The summed E-state index contributed by atoms with van der Waals surface area (Å²) in [5, 5.41) is 16.9. The highest BCUT2D eigenvalue weighted by atomic mass is 79.9. The number of rotatable bonds is 1. The molecule has 2 N–H and O–H groups in total. The molecule has 12 heavy (non-hydrogen) atoms. The zero-order chi connectivity index (χ0) is 9.30. The lowest BCUT2D eigenvalue weighted by atomic mass is 10.1. The number of hydrogen-bond donors (Lipinski definition) is 2. The molecule has 2 nitrogen and oxygen atoms in total. The van der Waals surface area contributed by atoms with E-state index in [1.54, 1.807) is 19.1 Å². The number of hydrogen-bond acceptors (Lipinski definition) is 2. The van der Waals surface area contributed by atoms with Crippen LogP contribution in [-0.4, -0.2) is 10.8 Å². The van der Waals surface area contributed by atoms with Gasteiger partial charge in [-0.15, -0.1) is 0 Å². The van der Waals surface area contributed by atoms with Gasteiger partial charge in [-0.05, 0) is 35.0 Å². The SMILES string of the molecule is CC(=N)c1cc(Br)cc(Br)c1O. The van der Waals surface area contributed by atoms with E-state index in [9.17, 15) is 5.11 Å². The molecule has 0 aromatic heterocycles. The summed E-state index contributed by atoms with van der Waals surface area (Å²) in [6, 6.07) is 3.45. The molecule has 4 heteroatoms. The van der Waals surface area contributed by atoms with Crippen LogP contribution in [0.5, 0.6) is 5.75 Å². The van der Waals surface area contributed by atoms with Crippen molar-refractivity contribution in [3.8, 4) is 5.75 Å². The second-order valence-corrected chi connectivity index (χ2v) is 4.18. The third-order valence-corrected chi connectivity index (χ3v) is 2.49. The molecule has 0 spiro atoms. The standard InChI is InChI=1S/C8H7Br2NO/c1-4(11)6-2-5(9)3-7(10)8(6)12/h2-3,11-12H,1H3. The molecular formula is C8H7Br2NO. The lowest BCUT2D eigenvalue weighted by Gasteiger charge is -2.04. The Bertz CT molecular complexity index is 336. The van der Waals surface area contributed by atoms with Crippen LogP contribution in [0.25, 0.3) is 0 Å². The van der Waals surface area contributed by atoms with Crippen molar-refractivity contribution in [3.05, 3.63) is 26.6 Å². The maximum absolute atomic E-state index is 9.48. The Kier molecular flexibility index (Phi) is 2.90. The van der Waals surface area contributed by atoms with E-state index < -0.39 is 0 Å². The highest BCUT2D eigenvalue weighted by Crippen LogP contribution is 2.31. The fraction of sp³-hybridized carbons (Fsp3) is 0.125. The van der Waals surface area contributed by atoms with Gasteiger partial charge in [-0.2, -0.15) is 0 Å². The highest BCUT2D eigenvalue weighted by molar-refractivity contribution is 9.11. The Hall–Kier alpha value is -0.350. The molecule has 0 aliphatic carbocycles. The molecular weight excluding hydrogens is 286 g/mol. The van der Waals surface area contributed by atoms with Crippen molar-refractivity contribution in [2.24, 2.45) is 0 Å². The molecule has 0 saturated carbocycles. The maximum Gasteiger partial charge on any atom is 0.138 e. The Balaban J connectivity index is 3.37. The third kappa shape index (κ3) is 1.87. The summed E-state index contributed by atoms with van der Waals surface area (Å²) in [6.07, 6.45) is 0. The summed E-state index contributed by atoms with van der Waals surface area (Å²) in [6.45, 7) is 1.63. The van der Waals surface area contributed by atoms with Crippen LogP contribution in [0.15, 0.2) is 21.1 Å². The predicted octanol–water partition coefficient (Wildman–Crippen LogP) is 3.30. The largest absolute Gasteiger partial charge is 0.506 e. The van der Waals surface area contributed by atoms with Gasteiger partial charge in [0.25, 0.3) is 0 Å². The minimum atomic E-state index is 0.116. The summed E-state index contributed by atoms with van der Waals surface area (Å²) in [7, 11) is 0. The first kappa shape index (κ1) is 9.74. The number of aromatic hydroxyl groups is 1. The molecule has 1 aromatic carbocycles. The first-order valence-electron chi connectivity index (χ1n) is 3.26. The van der Waals surface area contributed by atoms with Gasteiger partial charge in [0.1, 0.15) is 5.75 Å². The Morgan fingerprint density at radius 2 is 2.00 bits per heavy atom. The Morgan fingerprint density at radius 3 is 2.50 bits per heavy atom. The van der Waals surface area contributed by atoms with E-state index in [1.165, 1.54) is 0 Å². The van der Waals surface area contributed by atoms with Gasteiger partial charge in [-0.25, -0.2) is 0 Å². The van der Waals surface area contributed by atoms with E-state index in [0.29, 0.717) is 15.7 Å². The van der Waals surface area contributed by atoms with Gasteiger partial charge >= 0.3 is 0 Å². The zero-order valence-corrected chi connectivity index (χ0v) is 9.53. The molecule has 0 aliphatic heterocycles. The summed E-state index contributed by atoms with van der Waals surface area (Å²) in [4.78, 5) is 0.